The molecule has 0 saturated heterocycles. The van der Waals surface area contributed by atoms with Gasteiger partial charge >= 0.3 is 5.97 Å². The number of hydrogen-bond donors (Lipinski definition) is 1. The second-order valence-corrected chi connectivity index (χ2v) is 4.84. The average Bonchev–Trinajstić information content (AvgIpc) is 2.34. The molecule has 0 aliphatic carbocycles. The van der Waals surface area contributed by atoms with Crippen LogP contribution >= 0.6 is 0 Å². The van der Waals surface area contributed by atoms with E-state index >= 15 is 0 Å². The van der Waals surface area contributed by atoms with Crippen LogP contribution in [0.5, 0.6) is 0 Å². The van der Waals surface area contributed by atoms with Crippen LogP contribution in [0.25, 0.3) is 0 Å². The Balaban J connectivity index is 3.33. The van der Waals surface area contributed by atoms with E-state index in [2.05, 4.69) is 13.8 Å². The van der Waals surface area contributed by atoms with Crippen LogP contribution in [-0.2, 0) is 9.53 Å². The zero-order valence-corrected chi connectivity index (χ0v) is 11.6. The van der Waals surface area contributed by atoms with Crippen molar-refractivity contribution in [3.63, 3.8) is 0 Å². The Bertz CT molecular complexity index is 192. The Kier molecular flexibility index (Phi) is 10.2. The van der Waals surface area contributed by atoms with E-state index in [1.165, 1.54) is 19.3 Å². The maximum atomic E-state index is 10.9. The van der Waals surface area contributed by atoms with Crippen LogP contribution in [0.1, 0.15) is 65.7 Å². The van der Waals surface area contributed by atoms with E-state index in [4.69, 9.17) is 4.74 Å². The summed E-state index contributed by atoms with van der Waals surface area (Å²) in [5.41, 5.74) is 0. The summed E-state index contributed by atoms with van der Waals surface area (Å²) >= 11 is 0. The highest BCUT2D eigenvalue weighted by atomic mass is 16.5. The number of ether oxygens (including phenoxy) is 1. The van der Waals surface area contributed by atoms with Crippen molar-refractivity contribution in [3.8, 4) is 0 Å². The maximum Gasteiger partial charge on any atom is 0.305 e. The third-order valence-electron chi connectivity index (χ3n) is 3.16. The van der Waals surface area contributed by atoms with Crippen molar-refractivity contribution in [1.29, 1.82) is 0 Å². The van der Waals surface area contributed by atoms with Gasteiger partial charge in [-0.2, -0.15) is 0 Å². The number of aliphatic hydroxyl groups is 1. The zero-order valence-electron chi connectivity index (χ0n) is 11.6. The van der Waals surface area contributed by atoms with Crippen LogP contribution in [0, 0.1) is 5.92 Å². The molecule has 3 heteroatoms. The summed E-state index contributed by atoms with van der Waals surface area (Å²) in [6.45, 7) is 6.40. The number of carbonyl (C=O) groups is 1. The summed E-state index contributed by atoms with van der Waals surface area (Å²) in [5, 5.41) is 9.57. The predicted molar refractivity (Wildman–Crippen MR) is 69.8 cm³/mol. The van der Waals surface area contributed by atoms with Gasteiger partial charge < -0.3 is 9.84 Å². The molecular formula is C14H28O3. The molecule has 3 nitrogen and oxygen atoms in total. The second-order valence-electron chi connectivity index (χ2n) is 4.84. The van der Waals surface area contributed by atoms with Crippen molar-refractivity contribution in [1.82, 2.24) is 0 Å². The Morgan fingerprint density at radius 1 is 1.18 bits per heavy atom. The topological polar surface area (TPSA) is 46.5 Å². The smallest absolute Gasteiger partial charge is 0.305 e. The monoisotopic (exact) mass is 244 g/mol. The Morgan fingerprint density at radius 3 is 2.41 bits per heavy atom. The van der Waals surface area contributed by atoms with Crippen LogP contribution in [0.3, 0.4) is 0 Å². The number of rotatable bonds is 10. The molecule has 1 N–H and O–H groups in total. The van der Waals surface area contributed by atoms with E-state index in [1.54, 1.807) is 6.92 Å². The van der Waals surface area contributed by atoms with Gasteiger partial charge in [-0.15, -0.1) is 0 Å². The number of unbranched alkanes of at least 4 members (excludes halogenated alkanes) is 2. The van der Waals surface area contributed by atoms with E-state index in [0.29, 0.717) is 6.42 Å². The lowest BCUT2D eigenvalue weighted by atomic mass is 10.00. The van der Waals surface area contributed by atoms with Crippen molar-refractivity contribution in [3.05, 3.63) is 0 Å². The van der Waals surface area contributed by atoms with Gasteiger partial charge in [0.05, 0.1) is 6.10 Å². The normalized spacial score (nSPS) is 14.4. The molecule has 0 aromatic heterocycles. The minimum absolute atomic E-state index is 0.151. The summed E-state index contributed by atoms with van der Waals surface area (Å²) in [6, 6.07) is 0. The lowest BCUT2D eigenvalue weighted by Crippen LogP contribution is -2.18. The fourth-order valence-electron chi connectivity index (χ4n) is 1.63. The van der Waals surface area contributed by atoms with E-state index in [0.717, 1.165) is 25.2 Å². The fraction of sp³-hybridized carbons (Fsp3) is 0.929. The van der Waals surface area contributed by atoms with Crippen LogP contribution in [0.4, 0.5) is 0 Å². The second kappa shape index (κ2) is 10.6. The largest absolute Gasteiger partial charge is 0.463 e. The van der Waals surface area contributed by atoms with Gasteiger partial charge in [-0.05, 0) is 12.3 Å². The first kappa shape index (κ1) is 16.4. The van der Waals surface area contributed by atoms with E-state index < -0.39 is 6.10 Å². The van der Waals surface area contributed by atoms with Gasteiger partial charge in [-0.3, -0.25) is 4.79 Å². The third kappa shape index (κ3) is 10.3. The van der Waals surface area contributed by atoms with Gasteiger partial charge in [0.15, 0.2) is 0 Å². The van der Waals surface area contributed by atoms with Gasteiger partial charge in [-0.25, -0.2) is 0 Å². The molecule has 2 unspecified atom stereocenters. The minimum Gasteiger partial charge on any atom is -0.463 e. The first-order valence-corrected chi connectivity index (χ1v) is 6.93. The highest BCUT2D eigenvalue weighted by Crippen LogP contribution is 2.13. The Morgan fingerprint density at radius 2 is 1.82 bits per heavy atom. The lowest BCUT2D eigenvalue weighted by molar-refractivity contribution is -0.146. The van der Waals surface area contributed by atoms with Crippen molar-refractivity contribution in [2.75, 3.05) is 6.61 Å². The molecule has 0 bridgehead atoms. The molecule has 0 aromatic rings. The van der Waals surface area contributed by atoms with E-state index in [1.807, 2.05) is 0 Å². The minimum atomic E-state index is -0.492. The predicted octanol–water partition coefficient (Wildman–Crippen LogP) is 3.30. The van der Waals surface area contributed by atoms with Crippen molar-refractivity contribution in [2.24, 2.45) is 5.92 Å². The number of esters is 1. The molecule has 0 aliphatic rings. The van der Waals surface area contributed by atoms with Gasteiger partial charge in [0.25, 0.3) is 0 Å². The van der Waals surface area contributed by atoms with Crippen molar-refractivity contribution in [2.45, 2.75) is 71.8 Å². The first-order valence-electron chi connectivity index (χ1n) is 6.93. The standard InChI is InChI=1S/C14H28O3/c1-4-12(3)9-7-6-8-10-13(15)11-17-14(16)5-2/h12-13,15H,4-11H2,1-3H3. The van der Waals surface area contributed by atoms with Crippen LogP contribution in [0.15, 0.2) is 0 Å². The summed E-state index contributed by atoms with van der Waals surface area (Å²) < 4.78 is 4.88. The third-order valence-corrected chi connectivity index (χ3v) is 3.16. The van der Waals surface area contributed by atoms with Crippen LogP contribution in [-0.4, -0.2) is 23.8 Å². The molecule has 0 amide bonds. The van der Waals surface area contributed by atoms with E-state index in [-0.39, 0.29) is 12.6 Å². The number of carbonyl (C=O) groups excluding carboxylic acids is 1. The molecule has 0 saturated carbocycles. The maximum absolute atomic E-state index is 10.9. The van der Waals surface area contributed by atoms with Crippen molar-refractivity contribution < 1.29 is 14.6 Å². The molecule has 2 atom stereocenters. The van der Waals surface area contributed by atoms with Crippen LogP contribution < -0.4 is 0 Å². The van der Waals surface area contributed by atoms with Gasteiger partial charge in [-0.1, -0.05) is 52.9 Å². The summed E-state index contributed by atoms with van der Waals surface area (Å²) in [5.74, 6) is 0.575. The molecule has 0 aromatic carbocycles. The fourth-order valence-corrected chi connectivity index (χ4v) is 1.63. The molecule has 102 valence electrons. The quantitative estimate of drug-likeness (QED) is 0.474. The average molecular weight is 244 g/mol. The highest BCUT2D eigenvalue weighted by molar-refractivity contribution is 5.68. The van der Waals surface area contributed by atoms with Gasteiger partial charge in [0, 0.05) is 6.42 Å². The molecule has 17 heavy (non-hydrogen) atoms. The molecule has 0 fully saturated rings. The molecular weight excluding hydrogens is 216 g/mol. The Hall–Kier alpha value is -0.570. The van der Waals surface area contributed by atoms with Gasteiger partial charge in [0.2, 0.25) is 0 Å². The SMILES string of the molecule is CCC(=O)OCC(O)CCCCCC(C)CC. The van der Waals surface area contributed by atoms with E-state index in [9.17, 15) is 9.90 Å². The Labute approximate surface area is 106 Å². The van der Waals surface area contributed by atoms with Crippen molar-refractivity contribution >= 4 is 5.97 Å². The number of hydrogen-bond acceptors (Lipinski definition) is 3. The number of aliphatic hydroxyl groups excluding tert-OH is 1. The van der Waals surface area contributed by atoms with Crippen LogP contribution in [0.2, 0.25) is 0 Å². The summed E-state index contributed by atoms with van der Waals surface area (Å²) in [4.78, 5) is 10.9. The zero-order chi connectivity index (χ0) is 13.1. The molecule has 0 rings (SSSR count). The lowest BCUT2D eigenvalue weighted by Gasteiger charge is -2.11. The molecule has 0 aliphatic heterocycles. The summed E-state index contributed by atoms with van der Waals surface area (Å²) in [6.07, 6.45) is 6.54. The van der Waals surface area contributed by atoms with Gasteiger partial charge in [0.1, 0.15) is 6.61 Å². The summed E-state index contributed by atoms with van der Waals surface area (Å²) in [7, 11) is 0. The molecule has 0 heterocycles. The first-order chi connectivity index (χ1) is 8.10. The molecule has 0 spiro atoms. The highest BCUT2D eigenvalue weighted by Gasteiger charge is 2.07. The molecule has 0 radical (unpaired) electrons.